The summed E-state index contributed by atoms with van der Waals surface area (Å²) in [5, 5.41) is 10.6. The second-order valence-electron chi connectivity index (χ2n) is 13.7. The van der Waals surface area contributed by atoms with Crippen LogP contribution in [-0.4, -0.2) is 0 Å². The lowest BCUT2D eigenvalue weighted by molar-refractivity contribution is 0.677. The number of thiophene rings is 1. The Kier molecular flexibility index (Phi) is 6.82. The quantitative estimate of drug-likeness (QED) is 0.166. The molecular weight excluding hydrogens is 621 g/mol. The van der Waals surface area contributed by atoms with Crippen LogP contribution in [0.15, 0.2) is 170 Å². The van der Waals surface area contributed by atoms with E-state index in [9.17, 15) is 0 Å². The van der Waals surface area contributed by atoms with Gasteiger partial charge in [0.15, 0.2) is 0 Å². The van der Waals surface area contributed by atoms with Crippen LogP contribution < -0.4 is 9.75 Å². The highest BCUT2D eigenvalue weighted by atomic mass is 32.1. The molecule has 0 fully saturated rings. The summed E-state index contributed by atoms with van der Waals surface area (Å²) < 4.78 is 2.74. The van der Waals surface area contributed by atoms with Crippen molar-refractivity contribution < 1.29 is 0 Å². The maximum absolute atomic E-state index is 2.55. The molecule has 0 N–H and O–H groups in total. The summed E-state index contributed by atoms with van der Waals surface area (Å²) in [7, 11) is 0. The van der Waals surface area contributed by atoms with Crippen molar-refractivity contribution in [2.45, 2.75) is 12.8 Å². The molecule has 8 aromatic carbocycles. The van der Waals surface area contributed by atoms with Gasteiger partial charge in [-0.15, -0.1) is 11.3 Å². The van der Waals surface area contributed by atoms with Crippen molar-refractivity contribution in [3.05, 3.63) is 191 Å². The first kappa shape index (κ1) is 29.2. The average Bonchev–Trinajstić information content (AvgIpc) is 3.55. The van der Waals surface area contributed by atoms with Crippen molar-refractivity contribution in [1.82, 2.24) is 0 Å². The van der Waals surface area contributed by atoms with E-state index in [0.717, 1.165) is 0 Å². The molecule has 1 heteroatoms. The van der Waals surface area contributed by atoms with Gasteiger partial charge in [-0.1, -0.05) is 159 Å². The summed E-state index contributed by atoms with van der Waals surface area (Å²) in [6.07, 6.45) is 2.55. The number of hydrogen-bond donors (Lipinski definition) is 0. The Balaban J connectivity index is 1.19. The molecule has 9 aromatic rings. The minimum atomic E-state index is 0.279. The van der Waals surface area contributed by atoms with Gasteiger partial charge in [-0.25, -0.2) is 0 Å². The van der Waals surface area contributed by atoms with Gasteiger partial charge in [-0.2, -0.15) is 0 Å². The number of benzene rings is 8. The van der Waals surface area contributed by atoms with Gasteiger partial charge in [0.2, 0.25) is 0 Å². The molecule has 0 amide bonds. The van der Waals surface area contributed by atoms with Crippen LogP contribution >= 0.6 is 11.3 Å². The van der Waals surface area contributed by atoms with E-state index in [2.05, 4.69) is 183 Å². The molecule has 0 saturated carbocycles. The molecule has 50 heavy (non-hydrogen) atoms. The third-order valence-corrected chi connectivity index (χ3v) is 12.1. The van der Waals surface area contributed by atoms with Gasteiger partial charge in [0, 0.05) is 20.5 Å². The zero-order chi connectivity index (χ0) is 33.2. The summed E-state index contributed by atoms with van der Waals surface area (Å²) in [6, 6.07) is 62.9. The summed E-state index contributed by atoms with van der Waals surface area (Å²) in [6.45, 7) is 2.42. The Hall–Kier alpha value is -5.76. The van der Waals surface area contributed by atoms with Gasteiger partial charge in [0.1, 0.15) is 0 Å². The first-order chi connectivity index (χ1) is 24.7. The lowest BCUT2D eigenvalue weighted by Crippen LogP contribution is -2.32. The summed E-state index contributed by atoms with van der Waals surface area (Å²) >= 11 is 1.95. The zero-order valence-electron chi connectivity index (χ0n) is 27.8. The monoisotopic (exact) mass is 654 g/mol. The van der Waals surface area contributed by atoms with E-state index in [1.807, 2.05) is 11.3 Å². The Bertz CT molecular complexity index is 2840. The molecule has 1 aromatic heterocycles. The third-order valence-electron chi connectivity index (χ3n) is 10.9. The molecule has 1 aliphatic carbocycles. The summed E-state index contributed by atoms with van der Waals surface area (Å²) in [4.78, 5) is 0. The number of fused-ring (bicyclic) bond motifs is 9. The van der Waals surface area contributed by atoms with Gasteiger partial charge < -0.3 is 0 Å². The molecule has 2 atom stereocenters. The highest BCUT2D eigenvalue weighted by molar-refractivity contribution is 7.17. The molecule has 2 unspecified atom stereocenters. The average molecular weight is 655 g/mol. The third kappa shape index (κ3) is 4.65. The van der Waals surface area contributed by atoms with Gasteiger partial charge in [-0.05, 0) is 107 Å². The normalized spacial score (nSPS) is 15.8. The Morgan fingerprint density at radius 3 is 1.64 bits per heavy atom. The number of hydrogen-bond acceptors (Lipinski definition) is 1. The van der Waals surface area contributed by atoms with Crippen LogP contribution in [0.3, 0.4) is 0 Å². The molecule has 1 aliphatic rings. The maximum atomic E-state index is 2.55. The van der Waals surface area contributed by atoms with E-state index >= 15 is 0 Å². The van der Waals surface area contributed by atoms with Gasteiger partial charge in [0.05, 0.1) is 0 Å². The fourth-order valence-corrected chi connectivity index (χ4v) is 9.75. The summed E-state index contributed by atoms with van der Waals surface area (Å²) in [5.74, 6) is 0.592. The first-order valence-electron chi connectivity index (χ1n) is 17.5. The molecule has 10 rings (SSSR count). The smallest absolute Gasteiger partial charge is 0.0393 e. The first-order valence-corrected chi connectivity index (χ1v) is 18.4. The van der Waals surface area contributed by atoms with Crippen molar-refractivity contribution >= 4 is 65.4 Å². The van der Waals surface area contributed by atoms with E-state index < -0.39 is 0 Å². The second kappa shape index (κ2) is 11.7. The van der Waals surface area contributed by atoms with Crippen LogP contribution in [0.5, 0.6) is 0 Å². The van der Waals surface area contributed by atoms with Gasteiger partial charge in [-0.3, -0.25) is 0 Å². The molecule has 236 valence electrons. The van der Waals surface area contributed by atoms with Crippen molar-refractivity contribution in [2.24, 2.45) is 5.92 Å². The fraction of sp³-hybridized carbons (Fsp3) is 0.0612. The largest absolute Gasteiger partial charge is 0.135 e. The van der Waals surface area contributed by atoms with E-state index in [1.54, 1.807) is 0 Å². The van der Waals surface area contributed by atoms with E-state index in [0.29, 0.717) is 5.92 Å². The standard InChI is InChI=1S/C49H34S/c1-31-43(33-15-6-3-7-16-33)30-46-45-29-35(32-13-4-2-5-14-32)24-26-47(45)50-49(46)48(31)37-18-12-17-34(27-37)36-23-25-42-40-21-9-8-19-38(40)39-20-10-11-22-41(39)44(42)28-36/h2-31,43H,1H3. The van der Waals surface area contributed by atoms with E-state index in [4.69, 9.17) is 0 Å². The predicted molar refractivity (Wildman–Crippen MR) is 216 cm³/mol. The van der Waals surface area contributed by atoms with Gasteiger partial charge >= 0.3 is 0 Å². The van der Waals surface area contributed by atoms with Crippen LogP contribution in [0.1, 0.15) is 24.0 Å². The fourth-order valence-electron chi connectivity index (χ4n) is 8.41. The van der Waals surface area contributed by atoms with Crippen LogP contribution in [0.4, 0.5) is 0 Å². The number of rotatable bonds is 4. The predicted octanol–water partition coefficient (Wildman–Crippen LogP) is 12.1. The second-order valence-corrected chi connectivity index (χ2v) is 14.7. The molecule has 0 nitrogen and oxygen atoms in total. The Morgan fingerprint density at radius 1 is 0.400 bits per heavy atom. The highest BCUT2D eigenvalue weighted by Crippen LogP contribution is 2.40. The van der Waals surface area contributed by atoms with Crippen molar-refractivity contribution in [1.29, 1.82) is 0 Å². The molecule has 0 aliphatic heterocycles. The Labute approximate surface area is 295 Å². The lowest BCUT2D eigenvalue weighted by Gasteiger charge is -2.27. The van der Waals surface area contributed by atoms with Crippen molar-refractivity contribution in [2.75, 3.05) is 0 Å². The summed E-state index contributed by atoms with van der Waals surface area (Å²) in [5.41, 5.74) is 9.14. The SMILES string of the molecule is CC1C(c2cccc(-c3ccc4c5ccccc5c5ccccc5c4c3)c2)=c2sc3ccc(-c4ccccc4)cc3c2=CC1c1ccccc1. The molecular formula is C49H34S. The van der Waals surface area contributed by atoms with Crippen molar-refractivity contribution in [3.63, 3.8) is 0 Å². The van der Waals surface area contributed by atoms with Gasteiger partial charge in [0.25, 0.3) is 0 Å². The molecule has 0 radical (unpaired) electrons. The molecule has 0 saturated heterocycles. The Morgan fingerprint density at radius 2 is 0.920 bits per heavy atom. The van der Waals surface area contributed by atoms with Crippen LogP contribution in [-0.2, 0) is 0 Å². The van der Waals surface area contributed by atoms with Crippen LogP contribution in [0.25, 0.3) is 76.3 Å². The minimum Gasteiger partial charge on any atom is -0.135 e. The molecule has 0 spiro atoms. The van der Waals surface area contributed by atoms with Crippen molar-refractivity contribution in [3.8, 4) is 22.3 Å². The minimum absolute atomic E-state index is 0.279. The maximum Gasteiger partial charge on any atom is 0.0393 e. The topological polar surface area (TPSA) is 0 Å². The van der Waals surface area contributed by atoms with E-state index in [-0.39, 0.29) is 5.92 Å². The van der Waals surface area contributed by atoms with Crippen LogP contribution in [0, 0.1) is 5.92 Å². The zero-order valence-corrected chi connectivity index (χ0v) is 28.6. The lowest BCUT2D eigenvalue weighted by atomic mass is 9.76. The highest BCUT2D eigenvalue weighted by Gasteiger charge is 2.27. The molecule has 0 bridgehead atoms. The van der Waals surface area contributed by atoms with E-state index in [1.165, 1.54) is 91.1 Å². The van der Waals surface area contributed by atoms with Crippen LogP contribution in [0.2, 0.25) is 0 Å². The molecule has 1 heterocycles.